The molecule has 1 aliphatic heterocycles. The van der Waals surface area contributed by atoms with Crippen molar-refractivity contribution in [2.24, 2.45) is 0 Å². The normalized spacial score (nSPS) is 16.8. The van der Waals surface area contributed by atoms with Crippen LogP contribution in [0.25, 0.3) is 10.8 Å². The summed E-state index contributed by atoms with van der Waals surface area (Å²) in [5.41, 5.74) is 1.25. The van der Waals surface area contributed by atoms with E-state index in [-0.39, 0.29) is 12.1 Å². The SMILES string of the molecule is CNC(CN1CCN(C)C1=O)c1cccc2ccccc12. The minimum absolute atomic E-state index is 0.121. The van der Waals surface area contributed by atoms with Gasteiger partial charge in [0, 0.05) is 26.7 Å². The zero-order valence-electron chi connectivity index (χ0n) is 12.5. The molecule has 1 fully saturated rings. The van der Waals surface area contributed by atoms with E-state index in [4.69, 9.17) is 0 Å². The number of carbonyl (C=O) groups excluding carboxylic acids is 1. The maximum Gasteiger partial charge on any atom is 0.319 e. The van der Waals surface area contributed by atoms with Crippen LogP contribution in [0.4, 0.5) is 4.79 Å². The van der Waals surface area contributed by atoms with Crippen LogP contribution in [-0.2, 0) is 0 Å². The average molecular weight is 283 g/mol. The number of nitrogens with one attached hydrogen (secondary N) is 1. The van der Waals surface area contributed by atoms with Crippen LogP contribution in [0.1, 0.15) is 11.6 Å². The van der Waals surface area contributed by atoms with Crippen molar-refractivity contribution in [3.63, 3.8) is 0 Å². The van der Waals surface area contributed by atoms with Crippen LogP contribution in [-0.4, -0.2) is 49.6 Å². The number of hydrogen-bond acceptors (Lipinski definition) is 2. The lowest BCUT2D eigenvalue weighted by atomic mass is 9.98. The third-order valence-corrected chi connectivity index (χ3v) is 4.25. The van der Waals surface area contributed by atoms with E-state index in [0.717, 1.165) is 13.1 Å². The second kappa shape index (κ2) is 5.74. The van der Waals surface area contributed by atoms with Gasteiger partial charge in [0.25, 0.3) is 0 Å². The van der Waals surface area contributed by atoms with Crippen molar-refractivity contribution in [1.82, 2.24) is 15.1 Å². The van der Waals surface area contributed by atoms with E-state index in [0.29, 0.717) is 6.54 Å². The van der Waals surface area contributed by atoms with Gasteiger partial charge >= 0.3 is 6.03 Å². The van der Waals surface area contributed by atoms with E-state index in [1.807, 2.05) is 19.0 Å². The van der Waals surface area contributed by atoms with Gasteiger partial charge in [-0.15, -0.1) is 0 Å². The van der Waals surface area contributed by atoms with Crippen LogP contribution in [0.15, 0.2) is 42.5 Å². The topological polar surface area (TPSA) is 35.6 Å². The molecular formula is C17H21N3O. The summed E-state index contributed by atoms with van der Waals surface area (Å²) in [4.78, 5) is 15.8. The van der Waals surface area contributed by atoms with E-state index in [9.17, 15) is 4.79 Å². The molecule has 1 atom stereocenters. The second-order valence-electron chi connectivity index (χ2n) is 5.56. The highest BCUT2D eigenvalue weighted by atomic mass is 16.2. The van der Waals surface area contributed by atoms with Crippen LogP contribution in [0.5, 0.6) is 0 Å². The number of carbonyl (C=O) groups is 1. The maximum atomic E-state index is 12.1. The molecule has 0 spiro atoms. The first-order chi connectivity index (χ1) is 10.2. The molecule has 0 aliphatic carbocycles. The fourth-order valence-electron chi connectivity index (χ4n) is 2.99. The summed E-state index contributed by atoms with van der Waals surface area (Å²) in [5.74, 6) is 0. The van der Waals surface area contributed by atoms with Gasteiger partial charge in [-0.3, -0.25) is 0 Å². The largest absolute Gasteiger partial charge is 0.326 e. The van der Waals surface area contributed by atoms with Crippen molar-refractivity contribution >= 4 is 16.8 Å². The minimum Gasteiger partial charge on any atom is -0.326 e. The maximum absolute atomic E-state index is 12.1. The zero-order chi connectivity index (χ0) is 14.8. The van der Waals surface area contributed by atoms with Gasteiger partial charge in [-0.05, 0) is 23.4 Å². The summed E-state index contributed by atoms with van der Waals surface area (Å²) in [6.45, 7) is 2.32. The van der Waals surface area contributed by atoms with Gasteiger partial charge < -0.3 is 15.1 Å². The van der Waals surface area contributed by atoms with Crippen LogP contribution in [0, 0.1) is 0 Å². The zero-order valence-corrected chi connectivity index (χ0v) is 12.5. The second-order valence-corrected chi connectivity index (χ2v) is 5.56. The minimum atomic E-state index is 0.121. The number of hydrogen-bond donors (Lipinski definition) is 1. The molecule has 0 radical (unpaired) electrons. The first-order valence-electron chi connectivity index (χ1n) is 7.35. The lowest BCUT2D eigenvalue weighted by Crippen LogP contribution is -2.36. The first kappa shape index (κ1) is 13.9. The molecule has 1 N–H and O–H groups in total. The molecule has 2 aromatic rings. The highest BCUT2D eigenvalue weighted by molar-refractivity contribution is 5.86. The van der Waals surface area contributed by atoms with E-state index in [2.05, 4.69) is 47.8 Å². The van der Waals surface area contributed by atoms with Gasteiger partial charge in [0.05, 0.1) is 6.04 Å². The summed E-state index contributed by atoms with van der Waals surface area (Å²) in [6, 6.07) is 15.0. The Kier molecular flexibility index (Phi) is 3.80. The van der Waals surface area contributed by atoms with Crippen LogP contribution < -0.4 is 5.32 Å². The molecular weight excluding hydrogens is 262 g/mol. The Morgan fingerprint density at radius 1 is 1.14 bits per heavy atom. The molecule has 1 aliphatic rings. The summed E-state index contributed by atoms with van der Waals surface area (Å²) in [5, 5.41) is 5.85. The number of likely N-dealkylation sites (N-methyl/N-ethyl adjacent to an activating group) is 2. The molecule has 4 heteroatoms. The van der Waals surface area contributed by atoms with Gasteiger partial charge in [-0.1, -0.05) is 42.5 Å². The van der Waals surface area contributed by atoms with Crippen molar-refractivity contribution < 1.29 is 4.79 Å². The van der Waals surface area contributed by atoms with E-state index >= 15 is 0 Å². The van der Waals surface area contributed by atoms with Crippen molar-refractivity contribution in [3.05, 3.63) is 48.0 Å². The summed E-state index contributed by atoms with van der Waals surface area (Å²) < 4.78 is 0. The van der Waals surface area contributed by atoms with Gasteiger partial charge in [-0.2, -0.15) is 0 Å². The Hall–Kier alpha value is -2.07. The van der Waals surface area contributed by atoms with Crippen molar-refractivity contribution in [2.75, 3.05) is 33.7 Å². The van der Waals surface area contributed by atoms with Gasteiger partial charge in [0.1, 0.15) is 0 Å². The number of urea groups is 1. The summed E-state index contributed by atoms with van der Waals surface area (Å²) in [6.07, 6.45) is 0. The Morgan fingerprint density at radius 3 is 2.62 bits per heavy atom. The molecule has 4 nitrogen and oxygen atoms in total. The van der Waals surface area contributed by atoms with Crippen LogP contribution in [0.2, 0.25) is 0 Å². The highest BCUT2D eigenvalue weighted by Crippen LogP contribution is 2.25. The monoisotopic (exact) mass is 283 g/mol. The first-order valence-corrected chi connectivity index (χ1v) is 7.35. The fraction of sp³-hybridized carbons (Fsp3) is 0.353. The van der Waals surface area contributed by atoms with E-state index in [1.54, 1.807) is 4.90 Å². The van der Waals surface area contributed by atoms with Crippen molar-refractivity contribution in [1.29, 1.82) is 0 Å². The molecule has 3 rings (SSSR count). The quantitative estimate of drug-likeness (QED) is 0.935. The molecule has 0 bridgehead atoms. The van der Waals surface area contributed by atoms with Crippen LogP contribution in [0.3, 0.4) is 0 Å². The van der Waals surface area contributed by atoms with E-state index in [1.165, 1.54) is 16.3 Å². The predicted octanol–water partition coefficient (Wildman–Crippen LogP) is 2.47. The molecule has 0 saturated carbocycles. The molecule has 2 aromatic carbocycles. The highest BCUT2D eigenvalue weighted by Gasteiger charge is 2.27. The number of rotatable bonds is 4. The Labute approximate surface area is 125 Å². The molecule has 0 aromatic heterocycles. The molecule has 21 heavy (non-hydrogen) atoms. The standard InChI is InChI=1S/C17H21N3O/c1-18-16(12-20-11-10-19(2)17(20)21)15-9-5-7-13-6-3-4-8-14(13)15/h3-9,16,18H,10-12H2,1-2H3. The van der Waals surface area contributed by atoms with Gasteiger partial charge in [-0.25, -0.2) is 4.79 Å². The lowest BCUT2D eigenvalue weighted by Gasteiger charge is -2.24. The van der Waals surface area contributed by atoms with Crippen molar-refractivity contribution in [2.45, 2.75) is 6.04 Å². The molecule has 110 valence electrons. The molecule has 1 unspecified atom stereocenters. The van der Waals surface area contributed by atoms with Crippen molar-refractivity contribution in [3.8, 4) is 0 Å². The predicted molar refractivity (Wildman–Crippen MR) is 85.3 cm³/mol. The van der Waals surface area contributed by atoms with Crippen LogP contribution >= 0.6 is 0 Å². The number of amides is 2. The van der Waals surface area contributed by atoms with Gasteiger partial charge in [0.15, 0.2) is 0 Å². The fourth-order valence-corrected chi connectivity index (χ4v) is 2.99. The average Bonchev–Trinajstić information content (AvgIpc) is 2.84. The third-order valence-electron chi connectivity index (χ3n) is 4.25. The molecule has 1 heterocycles. The number of benzene rings is 2. The lowest BCUT2D eigenvalue weighted by molar-refractivity contribution is 0.194. The summed E-state index contributed by atoms with van der Waals surface area (Å²) >= 11 is 0. The Morgan fingerprint density at radius 2 is 1.90 bits per heavy atom. The molecule has 1 saturated heterocycles. The van der Waals surface area contributed by atoms with Gasteiger partial charge in [0.2, 0.25) is 0 Å². The Balaban J connectivity index is 1.90. The molecule has 2 amide bonds. The summed E-state index contributed by atoms with van der Waals surface area (Å²) in [7, 11) is 3.81. The Bertz CT molecular complexity index is 650. The number of fused-ring (bicyclic) bond motifs is 1. The number of nitrogens with zero attached hydrogens (tertiary/aromatic N) is 2. The smallest absolute Gasteiger partial charge is 0.319 e. The van der Waals surface area contributed by atoms with E-state index < -0.39 is 0 Å². The third kappa shape index (κ3) is 2.59.